The second kappa shape index (κ2) is 6.45. The Morgan fingerprint density at radius 3 is 2.42 bits per heavy atom. The zero-order valence-corrected chi connectivity index (χ0v) is 13.1. The van der Waals surface area contributed by atoms with Gasteiger partial charge in [0, 0.05) is 30.5 Å². The zero-order chi connectivity index (χ0) is 14.6. The largest absolute Gasteiger partial charge is 0.309 e. The van der Waals surface area contributed by atoms with E-state index in [0.717, 1.165) is 17.6 Å². The summed E-state index contributed by atoms with van der Waals surface area (Å²) in [6.07, 6.45) is 1.16. The van der Waals surface area contributed by atoms with Crippen molar-refractivity contribution in [3.8, 4) is 0 Å². The second-order valence-corrected chi connectivity index (χ2v) is 6.75. The topological polar surface area (TPSA) is 71.1 Å². The molecular weight excluding hydrogens is 262 g/mol. The van der Waals surface area contributed by atoms with Crippen molar-refractivity contribution in [2.24, 2.45) is 0 Å². The van der Waals surface area contributed by atoms with E-state index in [1.165, 1.54) is 11.1 Å². The second-order valence-electron chi connectivity index (χ2n) is 4.92. The van der Waals surface area contributed by atoms with Gasteiger partial charge in [-0.3, -0.25) is 4.98 Å². The number of hydrogen-bond acceptors (Lipinski definition) is 4. The van der Waals surface area contributed by atoms with E-state index in [4.69, 9.17) is 0 Å². The summed E-state index contributed by atoms with van der Waals surface area (Å²) in [4.78, 5) is 4.47. The number of aromatic nitrogens is 1. The predicted molar refractivity (Wildman–Crippen MR) is 77.7 cm³/mol. The lowest BCUT2D eigenvalue weighted by molar-refractivity contribution is 0.552. The van der Waals surface area contributed by atoms with Crippen LogP contribution in [0.15, 0.2) is 6.07 Å². The summed E-state index contributed by atoms with van der Waals surface area (Å²) in [5.74, 6) is 0. The SMILES string of the molecule is Cc1cc(C)c(C(C)NCCNS(C)(=O)=O)c(C)n1. The standard InChI is InChI=1S/C13H23N3O2S/c1-9-8-10(2)16-12(4)13(9)11(3)14-6-7-15-19(5,17)18/h8,11,14-15H,6-7H2,1-5H3. The molecule has 0 aliphatic heterocycles. The molecule has 108 valence electrons. The Bertz CT molecular complexity index is 518. The van der Waals surface area contributed by atoms with Crippen LogP contribution in [0.2, 0.25) is 0 Å². The molecule has 0 fully saturated rings. The van der Waals surface area contributed by atoms with Gasteiger partial charge in [0.05, 0.1) is 6.26 Å². The Morgan fingerprint density at radius 2 is 1.89 bits per heavy atom. The fourth-order valence-corrected chi connectivity index (χ4v) is 2.79. The van der Waals surface area contributed by atoms with E-state index in [2.05, 4.69) is 34.9 Å². The van der Waals surface area contributed by atoms with Crippen LogP contribution in [-0.4, -0.2) is 32.7 Å². The number of aryl methyl sites for hydroxylation is 3. The maximum Gasteiger partial charge on any atom is 0.208 e. The fraction of sp³-hybridized carbons (Fsp3) is 0.615. The molecule has 1 unspecified atom stereocenters. The van der Waals surface area contributed by atoms with Crippen LogP contribution in [0, 0.1) is 20.8 Å². The third-order valence-corrected chi connectivity index (χ3v) is 3.69. The Kier molecular flexibility index (Phi) is 5.46. The molecule has 0 spiro atoms. The smallest absolute Gasteiger partial charge is 0.208 e. The van der Waals surface area contributed by atoms with E-state index in [-0.39, 0.29) is 6.04 Å². The van der Waals surface area contributed by atoms with Crippen molar-refractivity contribution in [2.45, 2.75) is 33.7 Å². The summed E-state index contributed by atoms with van der Waals surface area (Å²) in [6, 6.07) is 2.21. The molecule has 0 aliphatic rings. The number of nitrogens with one attached hydrogen (secondary N) is 2. The van der Waals surface area contributed by atoms with Crippen molar-refractivity contribution >= 4 is 10.0 Å². The molecule has 1 heterocycles. The van der Waals surface area contributed by atoms with Crippen LogP contribution in [0.25, 0.3) is 0 Å². The van der Waals surface area contributed by atoms with E-state index >= 15 is 0 Å². The Balaban J connectivity index is 2.62. The molecule has 5 nitrogen and oxygen atoms in total. The lowest BCUT2D eigenvalue weighted by atomic mass is 10.0. The van der Waals surface area contributed by atoms with Crippen LogP contribution in [0.4, 0.5) is 0 Å². The third-order valence-electron chi connectivity index (χ3n) is 2.96. The van der Waals surface area contributed by atoms with Gasteiger partial charge in [0.15, 0.2) is 0 Å². The maximum atomic E-state index is 10.9. The minimum absolute atomic E-state index is 0.148. The van der Waals surface area contributed by atoms with Gasteiger partial charge in [-0.25, -0.2) is 13.1 Å². The molecule has 19 heavy (non-hydrogen) atoms. The predicted octanol–water partition coefficient (Wildman–Crippen LogP) is 1.21. The Labute approximate surface area is 115 Å². The number of sulfonamides is 1. The molecule has 6 heteroatoms. The van der Waals surface area contributed by atoms with Crippen molar-refractivity contribution in [2.75, 3.05) is 19.3 Å². The highest BCUT2D eigenvalue weighted by Gasteiger charge is 2.12. The third kappa shape index (κ3) is 5.26. The van der Waals surface area contributed by atoms with Gasteiger partial charge in [0.2, 0.25) is 10.0 Å². The summed E-state index contributed by atoms with van der Waals surface area (Å²) >= 11 is 0. The van der Waals surface area contributed by atoms with E-state index in [9.17, 15) is 8.42 Å². The highest BCUT2D eigenvalue weighted by Crippen LogP contribution is 2.20. The number of rotatable bonds is 6. The van der Waals surface area contributed by atoms with Crippen LogP contribution in [0.5, 0.6) is 0 Å². The van der Waals surface area contributed by atoms with Crippen LogP contribution in [-0.2, 0) is 10.0 Å². The molecule has 0 bridgehead atoms. The van der Waals surface area contributed by atoms with E-state index in [1.54, 1.807) is 0 Å². The molecule has 1 aromatic heterocycles. The molecule has 1 atom stereocenters. The van der Waals surface area contributed by atoms with E-state index in [1.807, 2.05) is 13.8 Å². The van der Waals surface area contributed by atoms with Crippen molar-refractivity contribution in [3.63, 3.8) is 0 Å². The van der Waals surface area contributed by atoms with Gasteiger partial charge in [-0.2, -0.15) is 0 Å². The van der Waals surface area contributed by atoms with Crippen molar-refractivity contribution < 1.29 is 8.42 Å². The molecule has 0 amide bonds. The minimum atomic E-state index is -3.11. The Morgan fingerprint density at radius 1 is 1.26 bits per heavy atom. The molecule has 0 aliphatic carbocycles. The first kappa shape index (κ1) is 16.1. The van der Waals surface area contributed by atoms with Crippen LogP contribution in [0.1, 0.15) is 35.5 Å². The highest BCUT2D eigenvalue weighted by atomic mass is 32.2. The molecule has 0 radical (unpaired) electrons. The summed E-state index contributed by atoms with van der Waals surface area (Å²) in [6.45, 7) is 9.10. The maximum absolute atomic E-state index is 10.9. The summed E-state index contributed by atoms with van der Waals surface area (Å²) in [5.41, 5.74) is 4.43. The molecule has 0 aromatic carbocycles. The first-order valence-electron chi connectivity index (χ1n) is 6.33. The van der Waals surface area contributed by atoms with Gasteiger partial charge in [-0.15, -0.1) is 0 Å². The average molecular weight is 285 g/mol. The first-order valence-corrected chi connectivity index (χ1v) is 8.22. The average Bonchev–Trinajstić information content (AvgIpc) is 2.21. The quantitative estimate of drug-likeness (QED) is 0.771. The molecular formula is C13H23N3O2S. The van der Waals surface area contributed by atoms with E-state index in [0.29, 0.717) is 13.1 Å². The molecule has 0 saturated heterocycles. The lowest BCUT2D eigenvalue weighted by Crippen LogP contribution is -2.32. The molecule has 0 saturated carbocycles. The van der Waals surface area contributed by atoms with E-state index < -0.39 is 10.0 Å². The van der Waals surface area contributed by atoms with Crippen LogP contribution >= 0.6 is 0 Å². The monoisotopic (exact) mass is 285 g/mol. The normalized spacial score (nSPS) is 13.5. The molecule has 1 aromatic rings. The van der Waals surface area contributed by atoms with Crippen molar-refractivity contribution in [3.05, 3.63) is 28.6 Å². The van der Waals surface area contributed by atoms with Crippen molar-refractivity contribution in [1.29, 1.82) is 0 Å². The summed E-state index contributed by atoms with van der Waals surface area (Å²) < 4.78 is 24.3. The number of pyridine rings is 1. The lowest BCUT2D eigenvalue weighted by Gasteiger charge is -2.19. The van der Waals surface area contributed by atoms with Crippen LogP contribution in [0.3, 0.4) is 0 Å². The highest BCUT2D eigenvalue weighted by molar-refractivity contribution is 7.88. The van der Waals surface area contributed by atoms with Gasteiger partial charge in [0.1, 0.15) is 0 Å². The molecule has 1 rings (SSSR count). The van der Waals surface area contributed by atoms with Gasteiger partial charge in [0.25, 0.3) is 0 Å². The number of hydrogen-bond donors (Lipinski definition) is 2. The Hall–Kier alpha value is -0.980. The summed E-state index contributed by atoms with van der Waals surface area (Å²) in [7, 11) is -3.11. The summed E-state index contributed by atoms with van der Waals surface area (Å²) in [5, 5.41) is 3.31. The minimum Gasteiger partial charge on any atom is -0.309 e. The first-order chi connectivity index (χ1) is 8.70. The molecule has 2 N–H and O–H groups in total. The van der Waals surface area contributed by atoms with Gasteiger partial charge < -0.3 is 5.32 Å². The van der Waals surface area contributed by atoms with Crippen molar-refractivity contribution in [1.82, 2.24) is 15.0 Å². The van der Waals surface area contributed by atoms with Gasteiger partial charge in [-0.05, 0) is 44.9 Å². The van der Waals surface area contributed by atoms with Crippen LogP contribution < -0.4 is 10.0 Å². The zero-order valence-electron chi connectivity index (χ0n) is 12.2. The fourth-order valence-electron chi connectivity index (χ4n) is 2.32. The van der Waals surface area contributed by atoms with Gasteiger partial charge in [-0.1, -0.05) is 0 Å². The number of nitrogens with zero attached hydrogens (tertiary/aromatic N) is 1. The van der Waals surface area contributed by atoms with Gasteiger partial charge >= 0.3 is 0 Å².